The van der Waals surface area contributed by atoms with Crippen molar-refractivity contribution in [3.63, 3.8) is 0 Å². The summed E-state index contributed by atoms with van der Waals surface area (Å²) in [4.78, 5) is 4.27. The number of nitrogens with one attached hydrogen (secondary N) is 1. The molecule has 0 saturated carbocycles. The molecule has 0 aliphatic carbocycles. The van der Waals surface area contributed by atoms with Crippen molar-refractivity contribution < 1.29 is 4.74 Å². The molecule has 1 N–H and O–H groups in total. The number of nitrogens with zero attached hydrogens (tertiary/aromatic N) is 1. The number of ether oxygens (including phenoxy) is 1. The highest BCUT2D eigenvalue weighted by Gasteiger charge is 2.09. The van der Waals surface area contributed by atoms with Crippen LogP contribution in [0.2, 0.25) is 0 Å². The van der Waals surface area contributed by atoms with Gasteiger partial charge in [-0.3, -0.25) is 0 Å². The van der Waals surface area contributed by atoms with Gasteiger partial charge in [0, 0.05) is 6.20 Å². The summed E-state index contributed by atoms with van der Waals surface area (Å²) < 4.78 is 5.24. The van der Waals surface area contributed by atoms with Crippen molar-refractivity contribution in [1.82, 2.24) is 4.98 Å². The molecule has 0 aliphatic rings. The molecule has 0 radical (unpaired) electrons. The van der Waals surface area contributed by atoms with Gasteiger partial charge in [0.1, 0.15) is 0 Å². The first-order chi connectivity index (χ1) is 7.81. The van der Waals surface area contributed by atoms with Crippen LogP contribution >= 0.6 is 11.3 Å². The molecule has 0 saturated heterocycles. The number of hydrogen-bond acceptors (Lipinski definition) is 4. The Morgan fingerprint density at radius 2 is 2.31 bits per heavy atom. The third-order valence-electron chi connectivity index (χ3n) is 2.39. The maximum absolute atomic E-state index is 5.24. The molecule has 0 amide bonds. The Morgan fingerprint density at radius 3 is 3.00 bits per heavy atom. The van der Waals surface area contributed by atoms with Gasteiger partial charge in [0.2, 0.25) is 0 Å². The van der Waals surface area contributed by atoms with E-state index < -0.39 is 0 Å². The second kappa shape index (κ2) is 4.99. The van der Waals surface area contributed by atoms with E-state index in [1.54, 1.807) is 24.6 Å². The highest BCUT2D eigenvalue weighted by molar-refractivity contribution is 7.07. The predicted molar refractivity (Wildman–Crippen MR) is 67.1 cm³/mol. The van der Waals surface area contributed by atoms with Crippen LogP contribution in [0.15, 0.2) is 35.2 Å². The topological polar surface area (TPSA) is 34.1 Å². The van der Waals surface area contributed by atoms with E-state index in [1.807, 2.05) is 12.1 Å². The van der Waals surface area contributed by atoms with Crippen LogP contribution in [0.3, 0.4) is 0 Å². The molecule has 4 heteroatoms. The number of anilines is 1. The van der Waals surface area contributed by atoms with Crippen molar-refractivity contribution in [2.24, 2.45) is 0 Å². The molecule has 0 spiro atoms. The molecular weight excluding hydrogens is 220 g/mol. The standard InChI is InChI=1S/C12H14N2OS/c1-9(10-5-7-16-8-10)14-12-11(15-2)4-3-6-13-12/h3-9H,1-2H3,(H,13,14). The van der Waals surface area contributed by atoms with Crippen LogP contribution < -0.4 is 10.1 Å². The molecule has 84 valence electrons. The quantitative estimate of drug-likeness (QED) is 0.881. The first kappa shape index (κ1) is 11.0. The second-order valence-corrected chi connectivity index (χ2v) is 4.26. The molecule has 2 aromatic heterocycles. The monoisotopic (exact) mass is 234 g/mol. The number of aromatic nitrogens is 1. The van der Waals surface area contributed by atoms with E-state index in [-0.39, 0.29) is 6.04 Å². The fraction of sp³-hybridized carbons (Fsp3) is 0.250. The molecule has 0 aromatic carbocycles. The normalized spacial score (nSPS) is 12.1. The minimum Gasteiger partial charge on any atom is -0.493 e. The van der Waals surface area contributed by atoms with Gasteiger partial charge in [-0.05, 0) is 41.4 Å². The molecule has 3 nitrogen and oxygen atoms in total. The highest BCUT2D eigenvalue weighted by Crippen LogP contribution is 2.26. The van der Waals surface area contributed by atoms with Gasteiger partial charge in [0.15, 0.2) is 11.6 Å². The smallest absolute Gasteiger partial charge is 0.169 e. The van der Waals surface area contributed by atoms with E-state index in [4.69, 9.17) is 4.74 Å². The molecule has 1 unspecified atom stereocenters. The van der Waals surface area contributed by atoms with E-state index in [9.17, 15) is 0 Å². The Kier molecular flexibility index (Phi) is 3.41. The largest absolute Gasteiger partial charge is 0.493 e. The van der Waals surface area contributed by atoms with E-state index in [0.717, 1.165) is 11.6 Å². The first-order valence-corrected chi connectivity index (χ1v) is 6.03. The van der Waals surface area contributed by atoms with Crippen LogP contribution in [0.5, 0.6) is 5.75 Å². The van der Waals surface area contributed by atoms with E-state index in [1.165, 1.54) is 5.56 Å². The molecule has 1 atom stereocenters. The zero-order chi connectivity index (χ0) is 11.4. The lowest BCUT2D eigenvalue weighted by Gasteiger charge is -2.15. The fourth-order valence-corrected chi connectivity index (χ4v) is 2.23. The van der Waals surface area contributed by atoms with Crippen LogP contribution in [0, 0.1) is 0 Å². The summed E-state index contributed by atoms with van der Waals surface area (Å²) >= 11 is 1.70. The van der Waals surface area contributed by atoms with Crippen LogP contribution in [0.1, 0.15) is 18.5 Å². The number of methoxy groups -OCH3 is 1. The summed E-state index contributed by atoms with van der Waals surface area (Å²) in [7, 11) is 1.65. The van der Waals surface area contributed by atoms with Crippen molar-refractivity contribution in [2.75, 3.05) is 12.4 Å². The van der Waals surface area contributed by atoms with E-state index in [0.29, 0.717) is 0 Å². The van der Waals surface area contributed by atoms with Crippen LogP contribution in [-0.4, -0.2) is 12.1 Å². The summed E-state index contributed by atoms with van der Waals surface area (Å²) in [5.74, 6) is 1.55. The van der Waals surface area contributed by atoms with Crippen molar-refractivity contribution in [3.05, 3.63) is 40.7 Å². The summed E-state index contributed by atoms with van der Waals surface area (Å²) in [5, 5.41) is 7.54. The molecule has 0 fully saturated rings. The zero-order valence-corrected chi connectivity index (χ0v) is 10.1. The Hall–Kier alpha value is -1.55. The molecule has 2 heterocycles. The lowest BCUT2D eigenvalue weighted by atomic mass is 10.2. The van der Waals surface area contributed by atoms with Crippen molar-refractivity contribution in [3.8, 4) is 5.75 Å². The predicted octanol–water partition coefficient (Wildman–Crippen LogP) is 3.32. The maximum atomic E-state index is 5.24. The minimum atomic E-state index is 0.232. The average molecular weight is 234 g/mol. The van der Waals surface area contributed by atoms with Crippen molar-refractivity contribution >= 4 is 17.2 Å². The summed E-state index contributed by atoms with van der Waals surface area (Å²) in [6, 6.07) is 6.10. The van der Waals surface area contributed by atoms with Gasteiger partial charge in [0.25, 0.3) is 0 Å². The molecule has 16 heavy (non-hydrogen) atoms. The third kappa shape index (κ3) is 2.33. The van der Waals surface area contributed by atoms with Gasteiger partial charge in [-0.15, -0.1) is 0 Å². The molecular formula is C12H14N2OS. The van der Waals surface area contributed by atoms with Crippen molar-refractivity contribution in [2.45, 2.75) is 13.0 Å². The van der Waals surface area contributed by atoms with Gasteiger partial charge in [-0.25, -0.2) is 4.98 Å². The Morgan fingerprint density at radius 1 is 1.44 bits per heavy atom. The lowest BCUT2D eigenvalue weighted by molar-refractivity contribution is 0.414. The van der Waals surface area contributed by atoms with E-state index in [2.05, 4.69) is 34.1 Å². The van der Waals surface area contributed by atoms with Crippen LogP contribution in [0.25, 0.3) is 0 Å². The van der Waals surface area contributed by atoms with Gasteiger partial charge in [0.05, 0.1) is 13.2 Å². The average Bonchev–Trinajstić information content (AvgIpc) is 2.83. The van der Waals surface area contributed by atoms with Gasteiger partial charge < -0.3 is 10.1 Å². The summed E-state index contributed by atoms with van der Waals surface area (Å²) in [6.45, 7) is 2.11. The minimum absolute atomic E-state index is 0.232. The second-order valence-electron chi connectivity index (χ2n) is 3.48. The maximum Gasteiger partial charge on any atom is 0.169 e. The first-order valence-electron chi connectivity index (χ1n) is 5.09. The van der Waals surface area contributed by atoms with Gasteiger partial charge in [-0.1, -0.05) is 0 Å². The Bertz CT molecular complexity index is 442. The molecule has 0 aliphatic heterocycles. The number of hydrogen-bond donors (Lipinski definition) is 1. The third-order valence-corrected chi connectivity index (χ3v) is 3.09. The Balaban J connectivity index is 2.14. The number of pyridine rings is 1. The van der Waals surface area contributed by atoms with Gasteiger partial charge in [-0.2, -0.15) is 11.3 Å². The lowest BCUT2D eigenvalue weighted by Crippen LogP contribution is -2.08. The summed E-state index contributed by atoms with van der Waals surface area (Å²) in [6.07, 6.45) is 1.76. The van der Waals surface area contributed by atoms with Gasteiger partial charge >= 0.3 is 0 Å². The molecule has 0 bridgehead atoms. The van der Waals surface area contributed by atoms with Crippen LogP contribution in [0.4, 0.5) is 5.82 Å². The Labute approximate surface area is 99.1 Å². The fourth-order valence-electron chi connectivity index (χ4n) is 1.47. The summed E-state index contributed by atoms with van der Waals surface area (Å²) in [5.41, 5.74) is 1.26. The molecule has 2 rings (SSSR count). The SMILES string of the molecule is COc1cccnc1NC(C)c1ccsc1. The highest BCUT2D eigenvalue weighted by atomic mass is 32.1. The zero-order valence-electron chi connectivity index (χ0n) is 9.31. The van der Waals surface area contributed by atoms with Crippen molar-refractivity contribution in [1.29, 1.82) is 0 Å². The molecule has 2 aromatic rings. The van der Waals surface area contributed by atoms with Crippen LogP contribution in [-0.2, 0) is 0 Å². The van der Waals surface area contributed by atoms with E-state index >= 15 is 0 Å². The number of rotatable bonds is 4. The number of thiophene rings is 1.